The standard InChI is InChI=1S/C38H32Cl2N4O4/c39-31-11-3-27(4-12-31)21-43-23-29(19-35(43)45)37(47)41-33-15-7-25(8-16-33)1-2-26-9-17-34(18-10-26)42-38(48)30-20-36(46)44(24-30)22-28-5-13-32(40)14-6-28/h3-18,29-30H,19-24H2,(H,41,47)(H,42,48). The summed E-state index contributed by atoms with van der Waals surface area (Å²) in [6, 6.07) is 29.1. The number of amides is 4. The lowest BCUT2D eigenvalue weighted by Gasteiger charge is -2.17. The molecule has 0 radical (unpaired) electrons. The Balaban J connectivity index is 0.967. The first kappa shape index (κ1) is 32.8. The van der Waals surface area contributed by atoms with Crippen LogP contribution < -0.4 is 10.6 Å². The number of likely N-dealkylation sites (tertiary alicyclic amines) is 2. The molecule has 0 aromatic heterocycles. The topological polar surface area (TPSA) is 98.8 Å². The van der Waals surface area contributed by atoms with Crippen molar-refractivity contribution in [2.24, 2.45) is 11.8 Å². The molecule has 2 fully saturated rings. The van der Waals surface area contributed by atoms with Gasteiger partial charge in [0.2, 0.25) is 23.6 Å². The fraction of sp³-hybridized carbons (Fsp3) is 0.211. The van der Waals surface area contributed by atoms with Crippen LogP contribution in [0.2, 0.25) is 10.0 Å². The summed E-state index contributed by atoms with van der Waals surface area (Å²) in [5.41, 5.74) is 4.72. The van der Waals surface area contributed by atoms with Crippen molar-refractivity contribution in [1.82, 2.24) is 9.80 Å². The van der Waals surface area contributed by atoms with Crippen LogP contribution in [0.1, 0.15) is 35.1 Å². The van der Waals surface area contributed by atoms with E-state index in [0.29, 0.717) is 47.6 Å². The quantitative estimate of drug-likeness (QED) is 0.212. The summed E-state index contributed by atoms with van der Waals surface area (Å²) in [6.07, 6.45) is 0.352. The summed E-state index contributed by atoms with van der Waals surface area (Å²) in [7, 11) is 0. The SMILES string of the molecule is O=C(Nc1ccc(C#Cc2ccc(NC(=O)C3CC(=O)N(Cc4ccc(Cl)cc4)C3)cc2)cc1)C1CC(=O)N(Cc2ccc(Cl)cc2)C1. The van der Waals surface area contributed by atoms with Crippen LogP contribution >= 0.6 is 23.2 Å². The summed E-state index contributed by atoms with van der Waals surface area (Å²) in [5.74, 6) is 4.90. The number of halogens is 2. The lowest BCUT2D eigenvalue weighted by atomic mass is 10.1. The summed E-state index contributed by atoms with van der Waals surface area (Å²) in [4.78, 5) is 54.2. The zero-order valence-electron chi connectivity index (χ0n) is 25.9. The van der Waals surface area contributed by atoms with Gasteiger partial charge in [-0.2, -0.15) is 0 Å². The molecular formula is C38H32Cl2N4O4. The molecule has 2 atom stereocenters. The highest BCUT2D eigenvalue weighted by Gasteiger charge is 2.35. The summed E-state index contributed by atoms with van der Waals surface area (Å²) < 4.78 is 0. The predicted octanol–water partition coefficient (Wildman–Crippen LogP) is 6.37. The summed E-state index contributed by atoms with van der Waals surface area (Å²) in [5, 5.41) is 7.10. The van der Waals surface area contributed by atoms with Crippen molar-refractivity contribution in [3.8, 4) is 11.8 Å². The second kappa shape index (κ2) is 14.8. The van der Waals surface area contributed by atoms with Crippen molar-refractivity contribution in [2.45, 2.75) is 25.9 Å². The molecule has 48 heavy (non-hydrogen) atoms. The molecule has 8 nitrogen and oxygen atoms in total. The van der Waals surface area contributed by atoms with Crippen LogP contribution in [0.5, 0.6) is 0 Å². The first-order valence-electron chi connectivity index (χ1n) is 15.6. The van der Waals surface area contributed by atoms with Crippen molar-refractivity contribution in [3.05, 3.63) is 129 Å². The van der Waals surface area contributed by atoms with Crippen LogP contribution in [0, 0.1) is 23.7 Å². The highest BCUT2D eigenvalue weighted by molar-refractivity contribution is 6.30. The van der Waals surface area contributed by atoms with E-state index in [1.54, 1.807) is 58.3 Å². The average Bonchev–Trinajstić information content (AvgIpc) is 3.64. The fourth-order valence-electron chi connectivity index (χ4n) is 5.73. The van der Waals surface area contributed by atoms with Crippen LogP contribution in [-0.2, 0) is 32.3 Å². The van der Waals surface area contributed by atoms with Crippen LogP contribution in [0.4, 0.5) is 11.4 Å². The molecular weight excluding hydrogens is 647 g/mol. The van der Waals surface area contributed by atoms with E-state index < -0.39 is 11.8 Å². The number of nitrogens with zero attached hydrogens (tertiary/aromatic N) is 2. The number of hydrogen-bond acceptors (Lipinski definition) is 4. The van der Waals surface area contributed by atoms with Crippen LogP contribution in [0.25, 0.3) is 0 Å². The van der Waals surface area contributed by atoms with E-state index in [-0.39, 0.29) is 36.5 Å². The Hall–Kier alpha value is -5.10. The van der Waals surface area contributed by atoms with E-state index in [1.807, 2.05) is 48.5 Å². The molecule has 2 N–H and O–H groups in total. The summed E-state index contributed by atoms with van der Waals surface area (Å²) >= 11 is 11.9. The van der Waals surface area contributed by atoms with E-state index in [4.69, 9.17) is 23.2 Å². The second-order valence-electron chi connectivity index (χ2n) is 12.0. The van der Waals surface area contributed by atoms with Crippen molar-refractivity contribution >= 4 is 58.2 Å². The Kier molecular flexibility index (Phi) is 10.1. The Morgan fingerprint density at radius 1 is 0.583 bits per heavy atom. The number of carbonyl (C=O) groups excluding carboxylic acids is 4. The van der Waals surface area contributed by atoms with Gasteiger partial charge in [-0.3, -0.25) is 19.2 Å². The first-order valence-corrected chi connectivity index (χ1v) is 16.3. The number of benzene rings is 4. The molecule has 2 heterocycles. The second-order valence-corrected chi connectivity index (χ2v) is 12.9. The predicted molar refractivity (Wildman–Crippen MR) is 186 cm³/mol. The highest BCUT2D eigenvalue weighted by Crippen LogP contribution is 2.24. The molecule has 4 aromatic rings. The molecule has 6 rings (SSSR count). The fourth-order valence-corrected chi connectivity index (χ4v) is 5.98. The Bertz CT molecular complexity index is 1750. The van der Waals surface area contributed by atoms with Gasteiger partial charge in [0.1, 0.15) is 0 Å². The monoisotopic (exact) mass is 678 g/mol. The molecule has 0 bridgehead atoms. The Labute approximate surface area is 289 Å². The van der Waals surface area contributed by atoms with Gasteiger partial charge in [0.15, 0.2) is 0 Å². The number of hydrogen-bond donors (Lipinski definition) is 2. The van der Waals surface area contributed by atoms with Gasteiger partial charge in [-0.05, 0) is 83.9 Å². The average molecular weight is 680 g/mol. The Morgan fingerprint density at radius 3 is 1.29 bits per heavy atom. The van der Waals surface area contributed by atoms with Crippen LogP contribution in [-0.4, -0.2) is 46.5 Å². The van der Waals surface area contributed by atoms with Gasteiger partial charge in [-0.15, -0.1) is 0 Å². The third-order valence-corrected chi connectivity index (χ3v) is 8.90. The largest absolute Gasteiger partial charge is 0.338 e. The molecule has 0 aliphatic carbocycles. The molecule has 4 aromatic carbocycles. The highest BCUT2D eigenvalue weighted by atomic mass is 35.5. The minimum atomic E-state index is -0.424. The van der Waals surface area contributed by atoms with Gasteiger partial charge in [0.05, 0.1) is 11.8 Å². The zero-order chi connectivity index (χ0) is 33.6. The molecule has 2 unspecified atom stereocenters. The third kappa shape index (κ3) is 8.43. The molecule has 0 saturated carbocycles. The number of carbonyl (C=O) groups is 4. The molecule has 4 amide bonds. The van der Waals surface area contributed by atoms with Crippen molar-refractivity contribution in [3.63, 3.8) is 0 Å². The maximum absolute atomic E-state index is 12.9. The number of rotatable bonds is 8. The normalized spacial score (nSPS) is 17.2. The van der Waals surface area contributed by atoms with Gasteiger partial charge in [0.25, 0.3) is 0 Å². The van der Waals surface area contributed by atoms with Crippen molar-refractivity contribution < 1.29 is 19.2 Å². The molecule has 2 saturated heterocycles. The summed E-state index contributed by atoms with van der Waals surface area (Å²) in [6.45, 7) is 1.61. The number of nitrogens with one attached hydrogen (secondary N) is 2. The molecule has 0 spiro atoms. The van der Waals surface area contributed by atoms with Gasteiger partial charge < -0.3 is 20.4 Å². The maximum atomic E-state index is 12.9. The van der Waals surface area contributed by atoms with Crippen LogP contribution in [0.15, 0.2) is 97.1 Å². The van der Waals surface area contributed by atoms with Gasteiger partial charge >= 0.3 is 0 Å². The van der Waals surface area contributed by atoms with E-state index in [1.165, 1.54) is 0 Å². The van der Waals surface area contributed by atoms with Gasteiger partial charge in [-0.1, -0.05) is 59.3 Å². The minimum Gasteiger partial charge on any atom is -0.338 e. The molecule has 2 aliphatic rings. The smallest absolute Gasteiger partial charge is 0.229 e. The maximum Gasteiger partial charge on any atom is 0.229 e. The molecule has 2 aliphatic heterocycles. The Morgan fingerprint density at radius 2 is 0.938 bits per heavy atom. The van der Waals surface area contributed by atoms with Gasteiger partial charge in [0, 0.05) is 71.6 Å². The van der Waals surface area contributed by atoms with E-state index in [2.05, 4.69) is 22.5 Å². The van der Waals surface area contributed by atoms with E-state index in [9.17, 15) is 19.2 Å². The zero-order valence-corrected chi connectivity index (χ0v) is 27.4. The van der Waals surface area contributed by atoms with Gasteiger partial charge in [-0.25, -0.2) is 0 Å². The first-order chi connectivity index (χ1) is 23.2. The van der Waals surface area contributed by atoms with E-state index >= 15 is 0 Å². The number of anilines is 2. The molecule has 10 heteroatoms. The third-order valence-electron chi connectivity index (χ3n) is 8.40. The minimum absolute atomic E-state index is 0.0472. The molecule has 242 valence electrons. The van der Waals surface area contributed by atoms with Crippen molar-refractivity contribution in [1.29, 1.82) is 0 Å². The lowest BCUT2D eigenvalue weighted by molar-refractivity contribution is -0.129. The van der Waals surface area contributed by atoms with E-state index in [0.717, 1.165) is 22.3 Å². The lowest BCUT2D eigenvalue weighted by Crippen LogP contribution is -2.28. The van der Waals surface area contributed by atoms with Crippen LogP contribution in [0.3, 0.4) is 0 Å². The van der Waals surface area contributed by atoms with Crippen molar-refractivity contribution in [2.75, 3.05) is 23.7 Å².